The predicted octanol–water partition coefficient (Wildman–Crippen LogP) is 6.14. The molecule has 2 aromatic rings. The molecule has 3 nitrogen and oxygen atoms in total. The Morgan fingerprint density at radius 1 is 1.18 bits per heavy atom. The van der Waals surface area contributed by atoms with Gasteiger partial charge in [-0.25, -0.2) is 4.39 Å². The van der Waals surface area contributed by atoms with E-state index < -0.39 is 0 Å². The summed E-state index contributed by atoms with van der Waals surface area (Å²) >= 11 is 0. The third kappa shape index (κ3) is 3.91. The highest BCUT2D eigenvalue weighted by Crippen LogP contribution is 2.43. The monoisotopic (exact) mass is 381 g/mol. The van der Waals surface area contributed by atoms with Gasteiger partial charge in [0.2, 0.25) is 0 Å². The molecule has 28 heavy (non-hydrogen) atoms. The van der Waals surface area contributed by atoms with E-state index in [4.69, 9.17) is 0 Å². The highest BCUT2D eigenvalue weighted by atomic mass is 19.1. The molecule has 0 N–H and O–H groups in total. The Bertz CT molecular complexity index is 851. The largest absolute Gasteiger partial charge is 0.372 e. The highest BCUT2D eigenvalue weighted by molar-refractivity contribution is 5.84. The number of hydrogen-bond donors (Lipinski definition) is 0. The predicted molar refractivity (Wildman–Crippen MR) is 119 cm³/mol. The minimum atomic E-state index is -0.223. The van der Waals surface area contributed by atoms with Crippen LogP contribution < -0.4 is 9.80 Å². The summed E-state index contributed by atoms with van der Waals surface area (Å²) in [7, 11) is 2.05. The van der Waals surface area contributed by atoms with Crippen molar-refractivity contribution in [2.75, 3.05) is 29.9 Å². The van der Waals surface area contributed by atoms with Gasteiger partial charge in [0.15, 0.2) is 0 Å². The zero-order chi connectivity index (χ0) is 20.5. The smallest absolute Gasteiger partial charge is 0.134 e. The van der Waals surface area contributed by atoms with Crippen molar-refractivity contribution in [2.45, 2.75) is 52.5 Å². The molecule has 0 fully saturated rings. The van der Waals surface area contributed by atoms with Gasteiger partial charge in [-0.3, -0.25) is 4.99 Å². The van der Waals surface area contributed by atoms with Gasteiger partial charge in [0.1, 0.15) is 5.82 Å². The number of anilines is 2. The Morgan fingerprint density at radius 2 is 1.82 bits per heavy atom. The number of halogens is 1. The summed E-state index contributed by atoms with van der Waals surface area (Å²) in [5.74, 6) is 0.168. The molecule has 1 heterocycles. The first-order valence-electron chi connectivity index (χ1n) is 10.2. The van der Waals surface area contributed by atoms with Gasteiger partial charge in [0.05, 0.1) is 5.69 Å². The van der Waals surface area contributed by atoms with Crippen LogP contribution in [0.15, 0.2) is 41.4 Å². The molecule has 0 amide bonds. The molecule has 0 spiro atoms. The molecular weight excluding hydrogens is 349 g/mol. The van der Waals surface area contributed by atoms with Crippen LogP contribution in [-0.4, -0.2) is 31.9 Å². The number of hydrogen-bond acceptors (Lipinski definition) is 3. The SMILES string of the molecule is CCN(CC)c1ccc(N=Cc2cc3c(cc2F)N(C)C(C)(C)CC3C)cc1. The molecular formula is C24H32FN3. The lowest BCUT2D eigenvalue weighted by Gasteiger charge is -2.45. The van der Waals surface area contributed by atoms with Crippen LogP contribution in [0, 0.1) is 5.82 Å². The maximum atomic E-state index is 14.8. The summed E-state index contributed by atoms with van der Waals surface area (Å²) in [5.41, 5.74) is 4.78. The average Bonchev–Trinajstić information content (AvgIpc) is 2.66. The Kier molecular flexibility index (Phi) is 5.78. The molecule has 1 atom stereocenters. The van der Waals surface area contributed by atoms with Crippen molar-refractivity contribution < 1.29 is 4.39 Å². The van der Waals surface area contributed by atoms with Gasteiger partial charge < -0.3 is 9.80 Å². The number of aliphatic imine (C=N–C) groups is 1. The molecule has 0 aliphatic carbocycles. The number of nitrogens with zero attached hydrogens (tertiary/aromatic N) is 3. The third-order valence-electron chi connectivity index (χ3n) is 6.08. The molecule has 0 saturated heterocycles. The van der Waals surface area contributed by atoms with Crippen molar-refractivity contribution >= 4 is 23.3 Å². The first kappa shape index (κ1) is 20.4. The van der Waals surface area contributed by atoms with E-state index in [0.29, 0.717) is 11.5 Å². The standard InChI is InChI=1S/C24H32FN3/c1-7-28(8-2)20-11-9-19(10-12-20)26-16-18-13-21-17(3)15-24(4,5)27(6)23(21)14-22(18)25/h9-14,16-17H,7-8,15H2,1-6H3. The van der Waals surface area contributed by atoms with Crippen molar-refractivity contribution in [3.05, 3.63) is 53.3 Å². The van der Waals surface area contributed by atoms with Gasteiger partial charge in [-0.05, 0) is 82.0 Å². The van der Waals surface area contributed by atoms with Crippen LogP contribution in [0.5, 0.6) is 0 Å². The Balaban J connectivity index is 1.86. The minimum Gasteiger partial charge on any atom is -0.372 e. The third-order valence-corrected chi connectivity index (χ3v) is 6.08. The van der Waals surface area contributed by atoms with Crippen molar-refractivity contribution in [1.82, 2.24) is 0 Å². The second-order valence-corrected chi connectivity index (χ2v) is 8.36. The summed E-state index contributed by atoms with van der Waals surface area (Å²) < 4.78 is 14.8. The molecule has 0 bridgehead atoms. The van der Waals surface area contributed by atoms with E-state index in [1.807, 2.05) is 18.2 Å². The summed E-state index contributed by atoms with van der Waals surface area (Å²) in [4.78, 5) is 8.99. The molecule has 2 aromatic carbocycles. The van der Waals surface area contributed by atoms with Crippen LogP contribution in [0.4, 0.5) is 21.5 Å². The zero-order valence-corrected chi connectivity index (χ0v) is 18.0. The molecule has 4 heteroatoms. The lowest BCUT2D eigenvalue weighted by Crippen LogP contribution is -2.45. The molecule has 1 aliphatic heterocycles. The first-order chi connectivity index (χ1) is 13.3. The normalized spacial score (nSPS) is 18.4. The van der Waals surface area contributed by atoms with Crippen LogP contribution in [0.1, 0.15) is 58.1 Å². The summed E-state index contributed by atoms with van der Waals surface area (Å²) in [6, 6.07) is 11.7. The topological polar surface area (TPSA) is 18.8 Å². The molecule has 0 aromatic heterocycles. The molecule has 3 rings (SSSR count). The quantitative estimate of drug-likeness (QED) is 0.579. The molecule has 1 unspecified atom stereocenters. The molecule has 0 radical (unpaired) electrons. The van der Waals surface area contributed by atoms with E-state index >= 15 is 0 Å². The fraction of sp³-hybridized carbons (Fsp3) is 0.458. The van der Waals surface area contributed by atoms with Crippen LogP contribution in [0.2, 0.25) is 0 Å². The molecule has 1 aliphatic rings. The van der Waals surface area contributed by atoms with Crippen LogP contribution >= 0.6 is 0 Å². The fourth-order valence-corrected chi connectivity index (χ4v) is 4.19. The van der Waals surface area contributed by atoms with E-state index in [9.17, 15) is 4.39 Å². The van der Waals surface area contributed by atoms with Crippen molar-refractivity contribution in [2.24, 2.45) is 4.99 Å². The Labute approximate surface area is 168 Å². The maximum absolute atomic E-state index is 14.8. The Morgan fingerprint density at radius 3 is 2.43 bits per heavy atom. The minimum absolute atomic E-state index is 0.0288. The van der Waals surface area contributed by atoms with Gasteiger partial charge >= 0.3 is 0 Å². The lowest BCUT2D eigenvalue weighted by atomic mass is 9.80. The maximum Gasteiger partial charge on any atom is 0.134 e. The average molecular weight is 382 g/mol. The number of fused-ring (bicyclic) bond motifs is 1. The second kappa shape index (κ2) is 7.94. The van der Waals surface area contributed by atoms with E-state index in [-0.39, 0.29) is 11.4 Å². The van der Waals surface area contributed by atoms with Crippen molar-refractivity contribution in [3.63, 3.8) is 0 Å². The van der Waals surface area contributed by atoms with Crippen molar-refractivity contribution in [3.8, 4) is 0 Å². The van der Waals surface area contributed by atoms with Gasteiger partial charge in [0, 0.05) is 48.8 Å². The highest BCUT2D eigenvalue weighted by Gasteiger charge is 2.34. The zero-order valence-electron chi connectivity index (χ0n) is 18.0. The summed E-state index contributed by atoms with van der Waals surface area (Å²) in [5, 5.41) is 0. The Hall–Kier alpha value is -2.36. The molecule has 0 saturated carbocycles. The van der Waals surface area contributed by atoms with E-state index in [2.05, 4.69) is 68.6 Å². The fourth-order valence-electron chi connectivity index (χ4n) is 4.19. The summed E-state index contributed by atoms with van der Waals surface area (Å²) in [6.45, 7) is 12.9. The number of benzene rings is 2. The lowest BCUT2D eigenvalue weighted by molar-refractivity contribution is 0.394. The number of rotatable bonds is 5. The van der Waals surface area contributed by atoms with Crippen LogP contribution in [-0.2, 0) is 0 Å². The van der Waals surface area contributed by atoms with Crippen LogP contribution in [0.25, 0.3) is 0 Å². The summed E-state index contributed by atoms with van der Waals surface area (Å²) in [6.07, 6.45) is 2.69. The molecule has 150 valence electrons. The van der Waals surface area contributed by atoms with E-state index in [0.717, 1.165) is 30.9 Å². The van der Waals surface area contributed by atoms with Gasteiger partial charge in [-0.15, -0.1) is 0 Å². The van der Waals surface area contributed by atoms with Gasteiger partial charge in [-0.1, -0.05) is 6.92 Å². The van der Waals surface area contributed by atoms with E-state index in [1.165, 1.54) is 11.3 Å². The first-order valence-corrected chi connectivity index (χ1v) is 10.2. The second-order valence-electron chi connectivity index (χ2n) is 8.36. The van der Waals surface area contributed by atoms with Gasteiger partial charge in [0.25, 0.3) is 0 Å². The van der Waals surface area contributed by atoms with E-state index in [1.54, 1.807) is 12.3 Å². The van der Waals surface area contributed by atoms with Gasteiger partial charge in [-0.2, -0.15) is 0 Å². The van der Waals surface area contributed by atoms with Crippen molar-refractivity contribution in [1.29, 1.82) is 0 Å². The van der Waals surface area contributed by atoms with Crippen LogP contribution in [0.3, 0.4) is 0 Å².